The molecular formula is C24H29N3O2S2. The third kappa shape index (κ3) is 4.84. The molecule has 1 fully saturated rings. The van der Waals surface area contributed by atoms with Gasteiger partial charge in [0.1, 0.15) is 0 Å². The third-order valence-corrected chi connectivity index (χ3v) is 8.34. The van der Waals surface area contributed by atoms with Crippen molar-refractivity contribution in [1.82, 2.24) is 8.87 Å². The Kier molecular flexibility index (Phi) is 6.74. The fourth-order valence-electron chi connectivity index (χ4n) is 4.03. The molecule has 1 saturated heterocycles. The first-order valence-corrected chi connectivity index (χ1v) is 13.2. The van der Waals surface area contributed by atoms with Crippen LogP contribution >= 0.6 is 11.3 Å². The van der Waals surface area contributed by atoms with Crippen LogP contribution in [-0.4, -0.2) is 30.4 Å². The van der Waals surface area contributed by atoms with Crippen molar-refractivity contribution in [3.63, 3.8) is 0 Å². The van der Waals surface area contributed by atoms with Crippen molar-refractivity contribution in [2.24, 2.45) is 10.9 Å². The molecule has 1 aliphatic heterocycles. The molecule has 0 amide bonds. The van der Waals surface area contributed by atoms with E-state index in [4.69, 9.17) is 4.99 Å². The van der Waals surface area contributed by atoms with Crippen LogP contribution in [0, 0.1) is 5.92 Å². The Morgan fingerprint density at radius 1 is 1.13 bits per heavy atom. The first-order valence-electron chi connectivity index (χ1n) is 10.9. The molecule has 1 aromatic heterocycles. The molecule has 7 heteroatoms. The first-order chi connectivity index (χ1) is 15.0. The average Bonchev–Trinajstić information content (AvgIpc) is 3.17. The lowest BCUT2D eigenvalue weighted by Gasteiger charge is -2.30. The van der Waals surface area contributed by atoms with Crippen molar-refractivity contribution < 1.29 is 8.42 Å². The van der Waals surface area contributed by atoms with Crippen molar-refractivity contribution >= 4 is 27.0 Å². The molecule has 0 spiro atoms. The Bertz CT molecular complexity index is 1200. The third-order valence-electron chi connectivity index (χ3n) is 5.61. The number of sulfonamides is 1. The van der Waals surface area contributed by atoms with Crippen LogP contribution in [0.1, 0.15) is 33.1 Å². The monoisotopic (exact) mass is 455 g/mol. The number of aromatic nitrogens is 1. The second kappa shape index (κ2) is 9.51. The maximum Gasteiger partial charge on any atom is 0.243 e. The zero-order chi connectivity index (χ0) is 21.8. The van der Waals surface area contributed by atoms with Crippen molar-refractivity contribution in [3.05, 3.63) is 64.8 Å². The second-order valence-corrected chi connectivity index (χ2v) is 10.9. The summed E-state index contributed by atoms with van der Waals surface area (Å²) in [6.07, 6.45) is 2.98. The summed E-state index contributed by atoms with van der Waals surface area (Å²) in [6.45, 7) is 6.28. The molecule has 3 aromatic rings. The standard InChI is InChI=1S/C24H29N3O2S2/c1-3-14-27-23(18-30-24(27)25-21-11-5-4-6-12-21)20-10-7-13-22(16-20)31(28,29)26-15-8-9-19(2)17-26/h4-7,10-13,16,18-19H,3,8-9,14-15,17H2,1-2H3. The largest absolute Gasteiger partial charge is 0.316 e. The van der Waals surface area contributed by atoms with E-state index in [1.807, 2.05) is 48.5 Å². The van der Waals surface area contributed by atoms with Crippen LogP contribution in [0.15, 0.2) is 69.9 Å². The fourth-order valence-corrected chi connectivity index (χ4v) is 6.63. The van der Waals surface area contributed by atoms with Crippen LogP contribution < -0.4 is 4.80 Å². The molecule has 5 nitrogen and oxygen atoms in total. The summed E-state index contributed by atoms with van der Waals surface area (Å²) >= 11 is 1.58. The highest BCUT2D eigenvalue weighted by Crippen LogP contribution is 2.28. The van der Waals surface area contributed by atoms with Crippen LogP contribution in [0.25, 0.3) is 11.3 Å². The number of para-hydroxylation sites is 1. The number of hydrogen-bond donors (Lipinski definition) is 0. The van der Waals surface area contributed by atoms with E-state index in [9.17, 15) is 8.42 Å². The summed E-state index contributed by atoms with van der Waals surface area (Å²) < 4.78 is 30.4. The van der Waals surface area contributed by atoms with E-state index >= 15 is 0 Å². The van der Waals surface area contributed by atoms with Crippen LogP contribution in [0.4, 0.5) is 5.69 Å². The highest BCUT2D eigenvalue weighted by Gasteiger charge is 2.29. The van der Waals surface area contributed by atoms with Gasteiger partial charge < -0.3 is 4.57 Å². The zero-order valence-electron chi connectivity index (χ0n) is 18.1. The number of piperidine rings is 1. The minimum Gasteiger partial charge on any atom is -0.316 e. The summed E-state index contributed by atoms with van der Waals surface area (Å²) in [7, 11) is -3.49. The molecule has 1 aliphatic rings. The Morgan fingerprint density at radius 2 is 1.94 bits per heavy atom. The molecular weight excluding hydrogens is 426 g/mol. The first kappa shape index (κ1) is 22.0. The number of thiazole rings is 1. The van der Waals surface area contributed by atoms with Crippen LogP contribution in [0.2, 0.25) is 0 Å². The summed E-state index contributed by atoms with van der Waals surface area (Å²) in [6, 6.07) is 17.3. The molecule has 0 bridgehead atoms. The lowest BCUT2D eigenvalue weighted by molar-refractivity contribution is 0.281. The molecule has 0 N–H and O–H groups in total. The van der Waals surface area contributed by atoms with E-state index in [1.54, 1.807) is 21.7 Å². The van der Waals surface area contributed by atoms with E-state index in [-0.39, 0.29) is 0 Å². The molecule has 0 aliphatic carbocycles. The zero-order valence-corrected chi connectivity index (χ0v) is 19.7. The Balaban J connectivity index is 1.73. The van der Waals surface area contributed by atoms with Gasteiger partial charge in [-0.3, -0.25) is 0 Å². The van der Waals surface area contributed by atoms with Crippen LogP contribution in [-0.2, 0) is 16.6 Å². The Morgan fingerprint density at radius 3 is 2.68 bits per heavy atom. The minimum atomic E-state index is -3.49. The maximum absolute atomic E-state index is 13.3. The predicted octanol–water partition coefficient (Wildman–Crippen LogP) is 5.28. The molecule has 1 unspecified atom stereocenters. The molecule has 4 rings (SSSR count). The van der Waals surface area contributed by atoms with E-state index < -0.39 is 10.0 Å². The van der Waals surface area contributed by atoms with Crippen molar-refractivity contribution in [2.75, 3.05) is 13.1 Å². The molecule has 164 valence electrons. The van der Waals surface area contributed by atoms with Crippen molar-refractivity contribution in [3.8, 4) is 11.3 Å². The SMILES string of the molecule is CCCn1c(-c2cccc(S(=O)(=O)N3CCCC(C)C3)c2)csc1=Nc1ccccc1. The van der Waals surface area contributed by atoms with Gasteiger partial charge in [-0.25, -0.2) is 13.4 Å². The van der Waals surface area contributed by atoms with Crippen molar-refractivity contribution in [2.45, 2.75) is 44.6 Å². The molecule has 2 aromatic carbocycles. The van der Waals surface area contributed by atoms with E-state index in [0.29, 0.717) is 23.9 Å². The van der Waals surface area contributed by atoms with Gasteiger partial charge in [0, 0.05) is 30.6 Å². The van der Waals surface area contributed by atoms with E-state index in [0.717, 1.165) is 47.6 Å². The van der Waals surface area contributed by atoms with Crippen LogP contribution in [0.5, 0.6) is 0 Å². The highest BCUT2D eigenvalue weighted by molar-refractivity contribution is 7.89. The molecule has 0 saturated carbocycles. The Hall–Kier alpha value is -2.22. The number of benzene rings is 2. The average molecular weight is 456 g/mol. The lowest BCUT2D eigenvalue weighted by atomic mass is 10.0. The fraction of sp³-hybridized carbons (Fsp3) is 0.375. The molecule has 2 heterocycles. The van der Waals surface area contributed by atoms with Gasteiger partial charge in [-0.05, 0) is 49.4 Å². The minimum absolute atomic E-state index is 0.370. The maximum atomic E-state index is 13.3. The highest BCUT2D eigenvalue weighted by atomic mass is 32.2. The number of rotatable bonds is 6. The second-order valence-electron chi connectivity index (χ2n) is 8.14. The Labute approximate surface area is 188 Å². The predicted molar refractivity (Wildman–Crippen MR) is 127 cm³/mol. The quantitative estimate of drug-likeness (QED) is 0.508. The van der Waals surface area contributed by atoms with Gasteiger partial charge in [0.25, 0.3) is 0 Å². The summed E-state index contributed by atoms with van der Waals surface area (Å²) in [5, 5.41) is 2.08. The van der Waals surface area contributed by atoms with Gasteiger partial charge in [-0.2, -0.15) is 4.31 Å². The van der Waals surface area contributed by atoms with E-state index in [2.05, 4.69) is 23.8 Å². The van der Waals surface area contributed by atoms with Gasteiger partial charge in [0.2, 0.25) is 10.0 Å². The van der Waals surface area contributed by atoms with Gasteiger partial charge in [-0.1, -0.05) is 44.2 Å². The van der Waals surface area contributed by atoms with Crippen molar-refractivity contribution in [1.29, 1.82) is 0 Å². The molecule has 31 heavy (non-hydrogen) atoms. The van der Waals surface area contributed by atoms with Gasteiger partial charge in [-0.15, -0.1) is 11.3 Å². The van der Waals surface area contributed by atoms with Gasteiger partial charge in [0.05, 0.1) is 16.3 Å². The lowest BCUT2D eigenvalue weighted by Crippen LogP contribution is -2.39. The molecule has 1 atom stereocenters. The smallest absolute Gasteiger partial charge is 0.243 e. The van der Waals surface area contributed by atoms with Gasteiger partial charge >= 0.3 is 0 Å². The summed E-state index contributed by atoms with van der Waals surface area (Å²) in [4.78, 5) is 6.10. The summed E-state index contributed by atoms with van der Waals surface area (Å²) in [5.41, 5.74) is 2.83. The number of nitrogens with zero attached hydrogens (tertiary/aromatic N) is 3. The van der Waals surface area contributed by atoms with E-state index in [1.165, 1.54) is 0 Å². The van der Waals surface area contributed by atoms with Crippen LogP contribution in [0.3, 0.4) is 0 Å². The normalized spacial score (nSPS) is 18.4. The molecule has 0 radical (unpaired) electrons. The summed E-state index contributed by atoms with van der Waals surface area (Å²) in [5.74, 6) is 0.400. The van der Waals surface area contributed by atoms with Gasteiger partial charge in [0.15, 0.2) is 4.80 Å². The number of hydrogen-bond acceptors (Lipinski definition) is 4. The topological polar surface area (TPSA) is 54.7 Å².